The highest BCUT2D eigenvalue weighted by molar-refractivity contribution is 7.89. The number of fused-ring (bicyclic) bond motifs is 1. The minimum atomic E-state index is -4.00. The first kappa shape index (κ1) is 19.4. The van der Waals surface area contributed by atoms with E-state index in [1.54, 1.807) is 36.4 Å². The fourth-order valence-corrected chi connectivity index (χ4v) is 4.51. The summed E-state index contributed by atoms with van der Waals surface area (Å²) in [5.41, 5.74) is 1.36. The molecule has 0 aliphatic carbocycles. The average Bonchev–Trinajstić information content (AvgIpc) is 3.15. The van der Waals surface area contributed by atoms with Crippen molar-refractivity contribution in [3.8, 4) is 0 Å². The van der Waals surface area contributed by atoms with Crippen LogP contribution in [0.5, 0.6) is 0 Å². The molecule has 7 nitrogen and oxygen atoms in total. The summed E-state index contributed by atoms with van der Waals surface area (Å²) in [6.45, 7) is 3.82. The Hall–Kier alpha value is -2.36. The quantitative estimate of drug-likeness (QED) is 0.630. The third kappa shape index (κ3) is 4.32. The van der Waals surface area contributed by atoms with Crippen LogP contribution in [0.4, 0.5) is 0 Å². The molecule has 0 radical (unpaired) electrons. The van der Waals surface area contributed by atoms with Crippen LogP contribution in [0.3, 0.4) is 0 Å². The van der Waals surface area contributed by atoms with Crippen LogP contribution in [0.1, 0.15) is 31.9 Å². The lowest BCUT2D eigenvalue weighted by molar-refractivity contribution is -0.123. The molecule has 2 N–H and O–H groups in total. The third-order valence-corrected chi connectivity index (χ3v) is 6.20. The number of carbonyl (C=O) groups excluding carboxylic acids is 1. The summed E-state index contributed by atoms with van der Waals surface area (Å²) in [7, 11) is -4.00. The van der Waals surface area contributed by atoms with Crippen LogP contribution in [0.25, 0.3) is 11.0 Å². The highest BCUT2D eigenvalue weighted by Crippen LogP contribution is 2.23. The van der Waals surface area contributed by atoms with Gasteiger partial charge in [-0.2, -0.15) is 13.5 Å². The Morgan fingerprint density at radius 2 is 1.85 bits per heavy atom. The summed E-state index contributed by atoms with van der Waals surface area (Å²) in [4.78, 5) is 12.8. The van der Waals surface area contributed by atoms with Crippen LogP contribution in [-0.4, -0.2) is 29.1 Å². The monoisotopic (exact) mass is 404 g/mol. The van der Waals surface area contributed by atoms with E-state index in [-0.39, 0.29) is 10.9 Å². The lowest BCUT2D eigenvalue weighted by Crippen LogP contribution is -2.43. The summed E-state index contributed by atoms with van der Waals surface area (Å²) < 4.78 is 36.8. The highest BCUT2D eigenvalue weighted by atomic mass is 32.2. The first-order chi connectivity index (χ1) is 12.9. The van der Waals surface area contributed by atoms with Gasteiger partial charge in [-0.1, -0.05) is 43.3 Å². The van der Waals surface area contributed by atoms with Crippen LogP contribution < -0.4 is 10.0 Å². The molecule has 1 aromatic heterocycles. The average molecular weight is 405 g/mol. The Balaban J connectivity index is 1.98. The summed E-state index contributed by atoms with van der Waals surface area (Å²) in [6, 6.07) is 12.4. The van der Waals surface area contributed by atoms with Gasteiger partial charge in [-0.25, -0.2) is 8.42 Å². The Kier molecular flexibility index (Phi) is 5.83. The van der Waals surface area contributed by atoms with Gasteiger partial charge in [-0.05, 0) is 31.0 Å². The van der Waals surface area contributed by atoms with E-state index in [2.05, 4.69) is 18.8 Å². The van der Waals surface area contributed by atoms with E-state index in [0.29, 0.717) is 16.6 Å². The molecule has 142 valence electrons. The number of hydrogen-bond donors (Lipinski definition) is 2. The molecular weight excluding hydrogens is 384 g/mol. The number of amides is 1. The fourth-order valence-electron chi connectivity index (χ4n) is 2.56. The van der Waals surface area contributed by atoms with Gasteiger partial charge < -0.3 is 5.32 Å². The molecule has 0 unspecified atom stereocenters. The molecule has 27 heavy (non-hydrogen) atoms. The van der Waals surface area contributed by atoms with Crippen molar-refractivity contribution in [1.29, 1.82) is 0 Å². The maximum Gasteiger partial charge on any atom is 0.243 e. The molecule has 3 aromatic rings. The number of nitrogens with zero attached hydrogens (tertiary/aromatic N) is 2. The summed E-state index contributed by atoms with van der Waals surface area (Å²) in [5, 5.41) is 2.84. The first-order valence-corrected chi connectivity index (χ1v) is 10.7. The number of rotatable bonds is 7. The van der Waals surface area contributed by atoms with Crippen molar-refractivity contribution in [1.82, 2.24) is 18.8 Å². The number of hydrogen-bond acceptors (Lipinski definition) is 6. The van der Waals surface area contributed by atoms with E-state index in [9.17, 15) is 13.2 Å². The topological polar surface area (TPSA) is 101 Å². The van der Waals surface area contributed by atoms with Gasteiger partial charge in [0.2, 0.25) is 15.9 Å². The van der Waals surface area contributed by atoms with E-state index in [0.717, 1.165) is 18.1 Å². The van der Waals surface area contributed by atoms with Gasteiger partial charge in [0.05, 0.1) is 11.7 Å². The van der Waals surface area contributed by atoms with Crippen LogP contribution in [0.15, 0.2) is 53.4 Å². The Morgan fingerprint density at radius 1 is 1.11 bits per heavy atom. The van der Waals surface area contributed by atoms with Gasteiger partial charge >= 0.3 is 0 Å². The summed E-state index contributed by atoms with van der Waals surface area (Å²) in [6.07, 6.45) is 0.740. The van der Waals surface area contributed by atoms with Gasteiger partial charge in [0.25, 0.3) is 0 Å². The fraction of sp³-hybridized carbons (Fsp3) is 0.278. The Morgan fingerprint density at radius 3 is 2.56 bits per heavy atom. The van der Waals surface area contributed by atoms with Crippen molar-refractivity contribution in [2.24, 2.45) is 0 Å². The zero-order valence-electron chi connectivity index (χ0n) is 14.9. The van der Waals surface area contributed by atoms with Crippen molar-refractivity contribution in [3.63, 3.8) is 0 Å². The molecule has 0 aliphatic heterocycles. The molecule has 0 spiro atoms. The largest absolute Gasteiger partial charge is 0.352 e. The van der Waals surface area contributed by atoms with Gasteiger partial charge in [0.1, 0.15) is 22.0 Å². The van der Waals surface area contributed by atoms with E-state index in [1.807, 2.05) is 19.9 Å². The second-order valence-corrected chi connectivity index (χ2v) is 8.38. The number of nitrogens with one attached hydrogen (secondary N) is 2. The molecule has 2 atom stereocenters. The second kappa shape index (κ2) is 8.12. The molecule has 0 fully saturated rings. The number of benzene rings is 2. The maximum atomic E-state index is 13.0. The summed E-state index contributed by atoms with van der Waals surface area (Å²) >= 11 is 0.945. The minimum absolute atomic E-state index is 0.00558. The molecule has 3 rings (SSSR count). The zero-order chi connectivity index (χ0) is 19.4. The third-order valence-electron chi connectivity index (χ3n) is 4.21. The lowest BCUT2D eigenvalue weighted by Gasteiger charge is -2.21. The lowest BCUT2D eigenvalue weighted by atomic mass is 10.1. The van der Waals surface area contributed by atoms with Crippen molar-refractivity contribution in [2.75, 3.05) is 0 Å². The van der Waals surface area contributed by atoms with Gasteiger partial charge in [-0.15, -0.1) is 0 Å². The van der Waals surface area contributed by atoms with Gasteiger partial charge in [0, 0.05) is 6.04 Å². The van der Waals surface area contributed by atoms with Crippen molar-refractivity contribution in [3.05, 3.63) is 54.1 Å². The summed E-state index contributed by atoms with van der Waals surface area (Å²) in [5.74, 6) is -0.400. The van der Waals surface area contributed by atoms with Crippen LogP contribution in [0.2, 0.25) is 0 Å². The molecule has 0 saturated carbocycles. The smallest absolute Gasteiger partial charge is 0.243 e. The van der Waals surface area contributed by atoms with E-state index in [4.69, 9.17) is 0 Å². The Labute approximate surface area is 162 Å². The van der Waals surface area contributed by atoms with E-state index < -0.39 is 22.0 Å². The highest BCUT2D eigenvalue weighted by Gasteiger charge is 2.29. The number of carbonyl (C=O) groups is 1. The predicted molar refractivity (Wildman–Crippen MR) is 105 cm³/mol. The van der Waals surface area contributed by atoms with E-state index in [1.165, 1.54) is 6.07 Å². The first-order valence-electron chi connectivity index (χ1n) is 8.51. The van der Waals surface area contributed by atoms with Gasteiger partial charge in [-0.3, -0.25) is 4.79 Å². The van der Waals surface area contributed by atoms with Crippen LogP contribution >= 0.6 is 11.7 Å². The standard InChI is InChI=1S/C18H20N4O3S2/c1-3-12(2)19-18(23)16(13-8-5-4-6-9-13)22-27(24,25)15-11-7-10-14-17(15)21-26-20-14/h4-12,16,22H,3H2,1-2H3,(H,19,23)/t12-,16-/m1/s1. The molecule has 0 bridgehead atoms. The maximum absolute atomic E-state index is 13.0. The van der Waals surface area contributed by atoms with E-state index >= 15 is 0 Å². The number of sulfonamides is 1. The van der Waals surface area contributed by atoms with Crippen molar-refractivity contribution >= 4 is 38.7 Å². The molecule has 1 heterocycles. The van der Waals surface area contributed by atoms with Crippen molar-refractivity contribution in [2.45, 2.75) is 37.2 Å². The van der Waals surface area contributed by atoms with Crippen LogP contribution in [0, 0.1) is 0 Å². The second-order valence-electron chi connectivity index (χ2n) is 6.17. The van der Waals surface area contributed by atoms with Crippen molar-refractivity contribution < 1.29 is 13.2 Å². The molecule has 9 heteroatoms. The SMILES string of the molecule is CC[C@@H](C)NC(=O)[C@H](NS(=O)(=O)c1cccc2nsnc12)c1ccccc1. The normalized spacial score (nSPS) is 14.0. The zero-order valence-corrected chi connectivity index (χ0v) is 16.5. The molecule has 1 amide bonds. The van der Waals surface area contributed by atoms with Gasteiger partial charge in [0.15, 0.2) is 0 Å². The molecule has 0 aliphatic rings. The Bertz CT molecular complexity index is 1030. The predicted octanol–water partition coefficient (Wildman–Crippen LogP) is 2.63. The van der Waals surface area contributed by atoms with Crippen LogP contribution in [-0.2, 0) is 14.8 Å². The minimum Gasteiger partial charge on any atom is -0.352 e. The molecule has 2 aromatic carbocycles. The molecular formula is C18H20N4O3S2. The molecule has 0 saturated heterocycles. The number of aromatic nitrogens is 2.